The van der Waals surface area contributed by atoms with Gasteiger partial charge in [-0.3, -0.25) is 4.79 Å². The molecule has 1 atom stereocenters. The van der Waals surface area contributed by atoms with Gasteiger partial charge in [0.1, 0.15) is 11.6 Å². The maximum Gasteiger partial charge on any atom is 0.224 e. The van der Waals surface area contributed by atoms with E-state index in [2.05, 4.69) is 10.6 Å². The zero-order valence-corrected chi connectivity index (χ0v) is 11.9. The highest BCUT2D eigenvalue weighted by Gasteiger charge is 2.15. The van der Waals surface area contributed by atoms with E-state index in [9.17, 15) is 13.6 Å². The molecule has 1 amide bonds. The summed E-state index contributed by atoms with van der Waals surface area (Å²) in [6, 6.07) is 4.06. The molecule has 0 saturated carbocycles. The van der Waals surface area contributed by atoms with E-state index < -0.39 is 11.6 Å². The maximum absolute atomic E-state index is 13.3. The van der Waals surface area contributed by atoms with E-state index in [1.54, 1.807) is 0 Å². The van der Waals surface area contributed by atoms with Gasteiger partial charge in [-0.15, -0.1) is 12.4 Å². The number of carbonyl (C=O) groups excluding carboxylic acids is 1. The van der Waals surface area contributed by atoms with Crippen LogP contribution in [0.5, 0.6) is 0 Å². The second-order valence-electron chi connectivity index (χ2n) is 4.81. The highest BCUT2D eigenvalue weighted by atomic mass is 35.5. The molecule has 1 aromatic rings. The van der Waals surface area contributed by atoms with Crippen molar-refractivity contribution in [2.75, 3.05) is 13.1 Å². The average molecular weight is 305 g/mol. The first-order valence-corrected chi connectivity index (χ1v) is 6.60. The molecule has 1 saturated heterocycles. The average Bonchev–Trinajstić information content (AvgIpc) is 2.87. The van der Waals surface area contributed by atoms with E-state index in [1.807, 2.05) is 0 Å². The lowest BCUT2D eigenvalue weighted by molar-refractivity contribution is -0.120. The zero-order valence-electron chi connectivity index (χ0n) is 11.1. The normalized spacial score (nSPS) is 17.6. The first-order chi connectivity index (χ1) is 9.16. The van der Waals surface area contributed by atoms with Crippen molar-refractivity contribution in [1.29, 1.82) is 0 Å². The van der Waals surface area contributed by atoms with Gasteiger partial charge in [0, 0.05) is 18.2 Å². The van der Waals surface area contributed by atoms with Crippen molar-refractivity contribution in [3.05, 3.63) is 35.4 Å². The van der Waals surface area contributed by atoms with Gasteiger partial charge in [0.15, 0.2) is 0 Å². The lowest BCUT2D eigenvalue weighted by Gasteiger charge is -2.11. The van der Waals surface area contributed by atoms with Crippen molar-refractivity contribution < 1.29 is 13.6 Å². The summed E-state index contributed by atoms with van der Waals surface area (Å²) in [5.41, 5.74) is -0.168. The molecule has 1 heterocycles. The predicted octanol–water partition coefficient (Wildman–Crippen LogP) is 2.19. The minimum absolute atomic E-state index is 0. The van der Waals surface area contributed by atoms with Crippen LogP contribution < -0.4 is 10.6 Å². The van der Waals surface area contributed by atoms with Crippen LogP contribution in [0, 0.1) is 11.6 Å². The van der Waals surface area contributed by atoms with Gasteiger partial charge < -0.3 is 10.6 Å². The number of nitrogens with one attached hydrogen (secondary N) is 2. The maximum atomic E-state index is 13.3. The molecule has 0 unspecified atom stereocenters. The van der Waals surface area contributed by atoms with Crippen LogP contribution in [-0.2, 0) is 11.2 Å². The fraction of sp³-hybridized carbons (Fsp3) is 0.500. The van der Waals surface area contributed by atoms with E-state index in [4.69, 9.17) is 0 Å². The fourth-order valence-electron chi connectivity index (χ4n) is 2.31. The van der Waals surface area contributed by atoms with Gasteiger partial charge in [0.2, 0.25) is 5.91 Å². The Kier molecular flexibility index (Phi) is 6.88. The zero-order chi connectivity index (χ0) is 13.7. The highest BCUT2D eigenvalue weighted by molar-refractivity contribution is 5.85. The monoisotopic (exact) mass is 304 g/mol. The molecule has 2 N–H and O–H groups in total. The lowest BCUT2D eigenvalue weighted by Crippen LogP contribution is -2.31. The van der Waals surface area contributed by atoms with Gasteiger partial charge in [-0.1, -0.05) is 6.07 Å². The Labute approximate surface area is 123 Å². The van der Waals surface area contributed by atoms with E-state index >= 15 is 0 Å². The first kappa shape index (κ1) is 16.9. The van der Waals surface area contributed by atoms with Gasteiger partial charge in [-0.25, -0.2) is 8.78 Å². The number of carbonyl (C=O) groups is 1. The predicted molar refractivity (Wildman–Crippen MR) is 76.0 cm³/mol. The molecule has 0 aliphatic carbocycles. The van der Waals surface area contributed by atoms with Crippen LogP contribution in [0.4, 0.5) is 8.78 Å². The smallest absolute Gasteiger partial charge is 0.224 e. The summed E-state index contributed by atoms with van der Waals surface area (Å²) in [6.45, 7) is 1.56. The molecule has 0 aromatic heterocycles. The Morgan fingerprint density at radius 3 is 2.65 bits per heavy atom. The summed E-state index contributed by atoms with van der Waals surface area (Å²) >= 11 is 0. The van der Waals surface area contributed by atoms with Crippen molar-refractivity contribution in [3.63, 3.8) is 0 Å². The van der Waals surface area contributed by atoms with Gasteiger partial charge in [-0.05, 0) is 37.9 Å². The van der Waals surface area contributed by atoms with Gasteiger partial charge >= 0.3 is 0 Å². The van der Waals surface area contributed by atoms with E-state index in [0.29, 0.717) is 12.6 Å². The molecule has 112 valence electrons. The molecule has 3 nitrogen and oxygen atoms in total. The number of hydrogen-bond acceptors (Lipinski definition) is 2. The third kappa shape index (κ3) is 4.72. The third-order valence-electron chi connectivity index (χ3n) is 3.38. The van der Waals surface area contributed by atoms with Crippen LogP contribution >= 0.6 is 12.4 Å². The molecule has 6 heteroatoms. The fourth-order valence-corrected chi connectivity index (χ4v) is 2.31. The highest BCUT2D eigenvalue weighted by Crippen LogP contribution is 2.12. The number of hydrogen-bond donors (Lipinski definition) is 2. The van der Waals surface area contributed by atoms with Gasteiger partial charge in [-0.2, -0.15) is 0 Å². The van der Waals surface area contributed by atoms with Gasteiger partial charge in [0.25, 0.3) is 0 Å². The van der Waals surface area contributed by atoms with Crippen LogP contribution in [0.1, 0.15) is 24.8 Å². The Balaban J connectivity index is 0.00000200. The number of halogens is 3. The molecular formula is C14H19ClF2N2O. The van der Waals surface area contributed by atoms with E-state index in [-0.39, 0.29) is 30.3 Å². The third-order valence-corrected chi connectivity index (χ3v) is 3.38. The van der Waals surface area contributed by atoms with Crippen LogP contribution in [0.2, 0.25) is 0 Å². The number of amides is 1. The summed E-state index contributed by atoms with van der Waals surface area (Å²) in [4.78, 5) is 11.6. The SMILES string of the molecule is Cl.O=C(Cc1c(F)cccc1F)NCC[C@H]1CCCN1. The Hall–Kier alpha value is -1.20. The van der Waals surface area contributed by atoms with Crippen molar-refractivity contribution in [3.8, 4) is 0 Å². The minimum Gasteiger partial charge on any atom is -0.356 e. The second-order valence-corrected chi connectivity index (χ2v) is 4.81. The molecule has 1 aromatic carbocycles. The standard InChI is InChI=1S/C14H18F2N2O.ClH/c15-12-4-1-5-13(16)11(12)9-14(19)18-8-6-10-3-2-7-17-10;/h1,4-5,10,17H,2-3,6-9H2,(H,18,19);1H/t10-;/m1./s1. The molecule has 0 spiro atoms. The van der Waals surface area contributed by atoms with Crippen LogP contribution in [-0.4, -0.2) is 25.0 Å². The molecule has 1 aliphatic rings. The quantitative estimate of drug-likeness (QED) is 0.875. The summed E-state index contributed by atoms with van der Waals surface area (Å²) in [5.74, 6) is -1.69. The van der Waals surface area contributed by atoms with Crippen molar-refractivity contribution in [2.45, 2.75) is 31.7 Å². The molecule has 0 bridgehead atoms. The first-order valence-electron chi connectivity index (χ1n) is 6.60. The lowest BCUT2D eigenvalue weighted by atomic mass is 10.1. The summed E-state index contributed by atoms with van der Waals surface area (Å²) in [5, 5.41) is 6.03. The summed E-state index contributed by atoms with van der Waals surface area (Å²) in [7, 11) is 0. The summed E-state index contributed by atoms with van der Waals surface area (Å²) < 4.78 is 26.7. The Morgan fingerprint density at radius 1 is 1.35 bits per heavy atom. The molecule has 0 radical (unpaired) electrons. The molecular weight excluding hydrogens is 286 g/mol. The Morgan fingerprint density at radius 2 is 2.05 bits per heavy atom. The topological polar surface area (TPSA) is 41.1 Å². The van der Waals surface area contributed by atoms with E-state index in [0.717, 1.165) is 31.5 Å². The van der Waals surface area contributed by atoms with E-state index in [1.165, 1.54) is 12.5 Å². The van der Waals surface area contributed by atoms with Crippen LogP contribution in [0.3, 0.4) is 0 Å². The van der Waals surface area contributed by atoms with Crippen molar-refractivity contribution in [1.82, 2.24) is 10.6 Å². The summed E-state index contributed by atoms with van der Waals surface area (Å²) in [6.07, 6.45) is 2.89. The number of benzene rings is 1. The Bertz CT molecular complexity index is 431. The minimum atomic E-state index is -0.674. The molecule has 2 rings (SSSR count). The number of rotatable bonds is 5. The van der Waals surface area contributed by atoms with Gasteiger partial charge in [0.05, 0.1) is 6.42 Å². The van der Waals surface area contributed by atoms with Crippen LogP contribution in [0.15, 0.2) is 18.2 Å². The van der Waals surface area contributed by atoms with Crippen LogP contribution in [0.25, 0.3) is 0 Å². The van der Waals surface area contributed by atoms with Crippen molar-refractivity contribution >= 4 is 18.3 Å². The molecule has 20 heavy (non-hydrogen) atoms. The second kappa shape index (κ2) is 8.17. The molecule has 1 fully saturated rings. The van der Waals surface area contributed by atoms with Crippen molar-refractivity contribution in [2.24, 2.45) is 0 Å². The largest absolute Gasteiger partial charge is 0.356 e. The molecule has 1 aliphatic heterocycles.